The van der Waals surface area contributed by atoms with E-state index in [2.05, 4.69) is 10.2 Å². The van der Waals surface area contributed by atoms with E-state index >= 15 is 0 Å². The maximum absolute atomic E-state index is 10.8. The molecule has 106 valence electrons. The molecule has 1 aromatic carbocycles. The van der Waals surface area contributed by atoms with Crippen LogP contribution in [-0.2, 0) is 0 Å². The molecule has 0 bridgehead atoms. The van der Waals surface area contributed by atoms with Gasteiger partial charge in [-0.1, -0.05) is 35.1 Å². The summed E-state index contributed by atoms with van der Waals surface area (Å²) in [6, 6.07) is 10.3. The molecule has 0 spiro atoms. The molecule has 6 nitrogen and oxygen atoms in total. The van der Waals surface area contributed by atoms with Crippen molar-refractivity contribution in [1.29, 1.82) is 0 Å². The summed E-state index contributed by atoms with van der Waals surface area (Å²) in [6.07, 6.45) is 0. The second-order valence-electron chi connectivity index (χ2n) is 4.26. The van der Waals surface area contributed by atoms with E-state index in [9.17, 15) is 10.1 Å². The van der Waals surface area contributed by atoms with E-state index in [-0.39, 0.29) is 5.00 Å². The molecule has 3 rings (SSSR count). The normalized spacial score (nSPS) is 10.7. The summed E-state index contributed by atoms with van der Waals surface area (Å²) < 4.78 is 0. The SMILES string of the molecule is Nc1n[nH]c(-c2ccc([N+](=O)[O-])s2)c1-c1ccc(Cl)cc1. The highest BCUT2D eigenvalue weighted by molar-refractivity contribution is 7.18. The molecule has 0 saturated carbocycles. The number of nitrogen functional groups attached to an aromatic ring is 1. The van der Waals surface area contributed by atoms with Gasteiger partial charge < -0.3 is 5.73 Å². The fourth-order valence-electron chi connectivity index (χ4n) is 2.00. The Labute approximate surface area is 128 Å². The first-order chi connectivity index (χ1) is 10.1. The van der Waals surface area contributed by atoms with Crippen molar-refractivity contribution in [3.8, 4) is 21.7 Å². The van der Waals surface area contributed by atoms with Crippen molar-refractivity contribution in [2.45, 2.75) is 0 Å². The largest absolute Gasteiger partial charge is 0.382 e. The maximum Gasteiger partial charge on any atom is 0.324 e. The predicted molar refractivity (Wildman–Crippen MR) is 83.4 cm³/mol. The third kappa shape index (κ3) is 2.48. The summed E-state index contributed by atoms with van der Waals surface area (Å²) in [5.74, 6) is 0.336. The van der Waals surface area contributed by atoms with Gasteiger partial charge in [-0.2, -0.15) is 5.10 Å². The number of nitrogens with two attached hydrogens (primary N) is 1. The Hall–Kier alpha value is -2.38. The van der Waals surface area contributed by atoms with Crippen LogP contribution in [-0.4, -0.2) is 15.1 Å². The van der Waals surface area contributed by atoms with Crippen LogP contribution in [0.4, 0.5) is 10.8 Å². The van der Waals surface area contributed by atoms with Crippen molar-refractivity contribution in [2.75, 3.05) is 5.73 Å². The molecule has 21 heavy (non-hydrogen) atoms. The highest BCUT2D eigenvalue weighted by Crippen LogP contribution is 2.39. The average Bonchev–Trinajstić information content (AvgIpc) is 3.06. The van der Waals surface area contributed by atoms with Gasteiger partial charge in [0.25, 0.3) is 0 Å². The maximum atomic E-state index is 10.8. The van der Waals surface area contributed by atoms with E-state index in [1.807, 2.05) is 12.1 Å². The lowest BCUT2D eigenvalue weighted by Crippen LogP contribution is -1.88. The topological polar surface area (TPSA) is 97.8 Å². The Morgan fingerprint density at radius 1 is 1.24 bits per heavy atom. The van der Waals surface area contributed by atoms with Gasteiger partial charge in [-0.15, -0.1) is 0 Å². The zero-order valence-electron chi connectivity index (χ0n) is 10.5. The first-order valence-electron chi connectivity index (χ1n) is 5.90. The third-order valence-corrected chi connectivity index (χ3v) is 4.25. The van der Waals surface area contributed by atoms with Crippen LogP contribution < -0.4 is 5.73 Å². The van der Waals surface area contributed by atoms with Gasteiger partial charge in [-0.25, -0.2) is 0 Å². The van der Waals surface area contributed by atoms with E-state index in [4.69, 9.17) is 17.3 Å². The Balaban J connectivity index is 2.11. The second-order valence-corrected chi connectivity index (χ2v) is 5.76. The molecule has 3 aromatic rings. The number of thiophene rings is 1. The van der Waals surface area contributed by atoms with Gasteiger partial charge in [0.2, 0.25) is 0 Å². The third-order valence-electron chi connectivity index (χ3n) is 2.95. The lowest BCUT2D eigenvalue weighted by atomic mass is 10.0. The molecular weight excluding hydrogens is 312 g/mol. The number of hydrogen-bond acceptors (Lipinski definition) is 5. The van der Waals surface area contributed by atoms with E-state index in [1.54, 1.807) is 18.2 Å². The van der Waals surface area contributed by atoms with Crippen LogP contribution in [0.3, 0.4) is 0 Å². The number of anilines is 1. The van der Waals surface area contributed by atoms with Crippen molar-refractivity contribution in [3.05, 3.63) is 51.5 Å². The smallest absolute Gasteiger partial charge is 0.324 e. The second kappa shape index (κ2) is 5.19. The highest BCUT2D eigenvalue weighted by atomic mass is 35.5. The average molecular weight is 321 g/mol. The fraction of sp³-hybridized carbons (Fsp3) is 0. The standard InChI is InChI=1S/C13H9ClN4O2S/c14-8-3-1-7(2-4-8)11-12(16-17-13(11)15)9-5-6-10(21-9)18(19)20/h1-6H,(H3,15,16,17). The molecule has 0 saturated heterocycles. The molecule has 2 aromatic heterocycles. The van der Waals surface area contributed by atoms with Crippen LogP contribution in [0, 0.1) is 10.1 Å². The highest BCUT2D eigenvalue weighted by Gasteiger charge is 2.19. The van der Waals surface area contributed by atoms with Crippen molar-refractivity contribution in [1.82, 2.24) is 10.2 Å². The lowest BCUT2D eigenvalue weighted by molar-refractivity contribution is -0.380. The first-order valence-corrected chi connectivity index (χ1v) is 7.10. The number of halogens is 1. The number of nitro groups is 1. The van der Waals surface area contributed by atoms with Gasteiger partial charge in [0.1, 0.15) is 0 Å². The van der Waals surface area contributed by atoms with Crippen LogP contribution in [0.1, 0.15) is 0 Å². The number of aromatic nitrogens is 2. The zero-order valence-corrected chi connectivity index (χ0v) is 12.1. The van der Waals surface area contributed by atoms with Gasteiger partial charge in [0.15, 0.2) is 5.82 Å². The first kappa shape index (κ1) is 13.6. The molecule has 0 atom stereocenters. The summed E-state index contributed by atoms with van der Waals surface area (Å²) in [5.41, 5.74) is 8.13. The molecule has 0 fully saturated rings. The number of benzene rings is 1. The van der Waals surface area contributed by atoms with Crippen molar-refractivity contribution in [3.63, 3.8) is 0 Å². The van der Waals surface area contributed by atoms with Crippen LogP contribution in [0.5, 0.6) is 0 Å². The minimum Gasteiger partial charge on any atom is -0.382 e. The minimum atomic E-state index is -0.421. The predicted octanol–water partition coefficient (Wildman–Crippen LogP) is 3.95. The molecular formula is C13H9ClN4O2S. The summed E-state index contributed by atoms with van der Waals surface area (Å²) in [5, 5.41) is 18.3. The molecule has 0 radical (unpaired) electrons. The van der Waals surface area contributed by atoms with Crippen LogP contribution in [0.2, 0.25) is 5.02 Å². The lowest BCUT2D eigenvalue weighted by Gasteiger charge is -2.03. The number of H-pyrrole nitrogens is 1. The molecule has 0 amide bonds. The van der Waals surface area contributed by atoms with Crippen molar-refractivity contribution < 1.29 is 4.92 Å². The number of rotatable bonds is 3. The molecule has 8 heteroatoms. The molecule has 3 N–H and O–H groups in total. The van der Waals surface area contributed by atoms with E-state index < -0.39 is 4.92 Å². The molecule has 2 heterocycles. The Bertz CT molecular complexity index is 810. The quantitative estimate of drug-likeness (QED) is 0.564. The monoisotopic (exact) mass is 320 g/mol. The number of nitrogens with zero attached hydrogens (tertiary/aromatic N) is 2. The number of hydrogen-bond donors (Lipinski definition) is 2. The summed E-state index contributed by atoms with van der Waals surface area (Å²) in [6.45, 7) is 0. The Morgan fingerprint density at radius 3 is 2.57 bits per heavy atom. The van der Waals surface area contributed by atoms with E-state index in [0.29, 0.717) is 27.0 Å². The van der Waals surface area contributed by atoms with E-state index in [0.717, 1.165) is 16.9 Å². The van der Waals surface area contributed by atoms with E-state index in [1.165, 1.54) is 6.07 Å². The summed E-state index contributed by atoms with van der Waals surface area (Å²) >= 11 is 6.95. The molecule has 0 aliphatic carbocycles. The van der Waals surface area contributed by atoms with Gasteiger partial charge in [0, 0.05) is 11.1 Å². The number of aromatic amines is 1. The van der Waals surface area contributed by atoms with Crippen molar-refractivity contribution in [2.24, 2.45) is 0 Å². The van der Waals surface area contributed by atoms with Gasteiger partial charge in [0.05, 0.1) is 21.1 Å². The molecule has 0 aliphatic rings. The molecule has 0 unspecified atom stereocenters. The minimum absolute atomic E-state index is 0.0697. The zero-order chi connectivity index (χ0) is 15.0. The Kier molecular flexibility index (Phi) is 3.36. The van der Waals surface area contributed by atoms with Crippen LogP contribution >= 0.6 is 22.9 Å². The van der Waals surface area contributed by atoms with Gasteiger partial charge >= 0.3 is 5.00 Å². The van der Waals surface area contributed by atoms with Crippen LogP contribution in [0.25, 0.3) is 21.7 Å². The Morgan fingerprint density at radius 2 is 1.95 bits per heavy atom. The van der Waals surface area contributed by atoms with Gasteiger partial charge in [-0.3, -0.25) is 15.2 Å². The summed E-state index contributed by atoms with van der Waals surface area (Å²) in [4.78, 5) is 11.1. The summed E-state index contributed by atoms with van der Waals surface area (Å²) in [7, 11) is 0. The molecule has 0 aliphatic heterocycles. The van der Waals surface area contributed by atoms with Crippen LogP contribution in [0.15, 0.2) is 36.4 Å². The van der Waals surface area contributed by atoms with Crippen molar-refractivity contribution >= 4 is 33.8 Å². The van der Waals surface area contributed by atoms with Gasteiger partial charge in [-0.05, 0) is 23.8 Å². The fourth-order valence-corrected chi connectivity index (χ4v) is 2.95. The number of nitrogens with one attached hydrogen (secondary N) is 1.